The molecule has 2 rings (SSSR count). The van der Waals surface area contributed by atoms with Crippen LogP contribution in [0.3, 0.4) is 0 Å². The molecular weight excluding hydrogens is 244 g/mol. The molecule has 0 bridgehead atoms. The van der Waals surface area contributed by atoms with E-state index in [9.17, 15) is 13.6 Å². The number of nitrogens with one attached hydrogen (secondary N) is 1. The summed E-state index contributed by atoms with van der Waals surface area (Å²) in [5.74, 6) is 0. The molecule has 0 saturated carbocycles. The number of hydrogen-bond donors (Lipinski definition) is 3. The van der Waals surface area contributed by atoms with E-state index in [0.29, 0.717) is 11.3 Å². The Balaban J connectivity index is 2.99. The van der Waals surface area contributed by atoms with Crippen LogP contribution in [0, 0.1) is 12.3 Å². The molecule has 3 N–H and O–H groups in total. The van der Waals surface area contributed by atoms with E-state index in [1.165, 1.54) is 12.3 Å². The zero-order valence-corrected chi connectivity index (χ0v) is 9.69. The lowest BCUT2D eigenvalue weighted by molar-refractivity contribution is 0.189. The van der Waals surface area contributed by atoms with Crippen LogP contribution in [0.4, 0.5) is 0 Å². The maximum absolute atomic E-state index is 11.1. The lowest BCUT2D eigenvalue weighted by Crippen LogP contribution is -2.19. The summed E-state index contributed by atoms with van der Waals surface area (Å²) in [6.45, 7) is 1.69. The van der Waals surface area contributed by atoms with Crippen molar-refractivity contribution in [2.75, 3.05) is 0 Å². The number of pyridine rings is 1. The first-order valence-corrected chi connectivity index (χ1v) is 6.12. The summed E-state index contributed by atoms with van der Waals surface area (Å²) in [6, 6.07) is 3.98. The molecule has 0 unspecified atom stereocenters. The van der Waals surface area contributed by atoms with Crippen molar-refractivity contribution in [1.29, 1.82) is 5.41 Å². The molecule has 0 fully saturated rings. The Morgan fingerprint density at radius 3 is 2.53 bits per heavy atom. The molecule has 0 amide bonds. The highest BCUT2D eigenvalue weighted by Gasteiger charge is 2.19. The Kier molecular flexibility index (Phi) is 2.44. The van der Waals surface area contributed by atoms with Gasteiger partial charge in [-0.1, -0.05) is 0 Å². The van der Waals surface area contributed by atoms with Crippen molar-refractivity contribution in [2.45, 2.75) is 11.8 Å². The van der Waals surface area contributed by atoms with Gasteiger partial charge in [0.15, 0.2) is 0 Å². The van der Waals surface area contributed by atoms with Crippen LogP contribution in [-0.2, 0) is 10.1 Å². The average Bonchev–Trinajstić information content (AvgIpc) is 2.21. The molecule has 0 aromatic carbocycles. The van der Waals surface area contributed by atoms with Crippen molar-refractivity contribution in [1.82, 2.24) is 4.73 Å². The summed E-state index contributed by atoms with van der Waals surface area (Å²) in [7, 11) is -4.43. The first kappa shape index (κ1) is 11.6. The lowest BCUT2D eigenvalue weighted by atomic mass is 10.0. The first-order chi connectivity index (χ1) is 7.82. The van der Waals surface area contributed by atoms with E-state index in [1.807, 2.05) is 0 Å². The molecule has 1 heterocycles. The van der Waals surface area contributed by atoms with Gasteiger partial charge in [-0.05, 0) is 30.7 Å². The number of rotatable bonds is 1. The van der Waals surface area contributed by atoms with E-state index in [2.05, 4.69) is 0 Å². The van der Waals surface area contributed by atoms with E-state index in [1.54, 1.807) is 13.0 Å². The second-order valence-electron chi connectivity index (χ2n) is 3.65. The van der Waals surface area contributed by atoms with Crippen LogP contribution >= 0.6 is 0 Å². The summed E-state index contributed by atoms with van der Waals surface area (Å²) in [5, 5.41) is 17.0. The molecule has 0 spiro atoms. The van der Waals surface area contributed by atoms with Crippen molar-refractivity contribution in [3.05, 3.63) is 35.3 Å². The molecule has 0 aromatic heterocycles. The Bertz CT molecular complexity index is 718. The Morgan fingerprint density at radius 2 is 1.94 bits per heavy atom. The van der Waals surface area contributed by atoms with Gasteiger partial charge in [0.05, 0.1) is 11.1 Å². The topological polar surface area (TPSA) is 103 Å². The maximum Gasteiger partial charge on any atom is 0.296 e. The fourth-order valence-electron chi connectivity index (χ4n) is 1.72. The van der Waals surface area contributed by atoms with E-state index in [-0.39, 0.29) is 10.9 Å². The smallest absolute Gasteiger partial charge is 0.296 e. The fourth-order valence-corrected chi connectivity index (χ4v) is 2.32. The second-order valence-corrected chi connectivity index (χ2v) is 5.04. The van der Waals surface area contributed by atoms with Crippen LogP contribution in [0.15, 0.2) is 29.3 Å². The van der Waals surface area contributed by atoms with Crippen LogP contribution < -0.4 is 5.36 Å². The molecule has 1 aliphatic heterocycles. The third kappa shape index (κ3) is 1.79. The number of aromatic nitrogens is 1. The molecule has 90 valence electrons. The summed E-state index contributed by atoms with van der Waals surface area (Å²) in [4.78, 5) is -0.473. The van der Waals surface area contributed by atoms with Crippen LogP contribution in [0.5, 0.6) is 0 Å². The minimum atomic E-state index is -4.43. The number of hydrogen-bond acceptors (Lipinski definition) is 4. The molecular formula is C10H10N2O4S. The highest BCUT2D eigenvalue weighted by molar-refractivity contribution is 7.85. The van der Waals surface area contributed by atoms with Gasteiger partial charge in [0.25, 0.3) is 10.1 Å². The van der Waals surface area contributed by atoms with Gasteiger partial charge in [-0.25, -0.2) is 0 Å². The zero-order valence-electron chi connectivity index (χ0n) is 8.88. The fraction of sp³-hybridized carbons (Fsp3) is 0.100. The molecule has 0 saturated heterocycles. The van der Waals surface area contributed by atoms with Crippen molar-refractivity contribution in [3.63, 3.8) is 0 Å². The van der Waals surface area contributed by atoms with E-state index < -0.39 is 15.0 Å². The van der Waals surface area contributed by atoms with Crippen LogP contribution in [0.25, 0.3) is 11.3 Å². The quantitative estimate of drug-likeness (QED) is 0.518. The molecule has 2 aliphatic rings. The predicted molar refractivity (Wildman–Crippen MR) is 58.6 cm³/mol. The second kappa shape index (κ2) is 3.57. The van der Waals surface area contributed by atoms with Gasteiger partial charge in [-0.3, -0.25) is 9.96 Å². The van der Waals surface area contributed by atoms with Crippen molar-refractivity contribution >= 4 is 10.1 Å². The Labute approximate surface area is 97.3 Å². The molecule has 0 radical (unpaired) electrons. The van der Waals surface area contributed by atoms with E-state index in [0.717, 1.165) is 10.8 Å². The normalized spacial score (nSPS) is 11.9. The largest absolute Gasteiger partial charge is 0.428 e. The third-order valence-corrected chi connectivity index (χ3v) is 3.43. The summed E-state index contributed by atoms with van der Waals surface area (Å²) < 4.78 is 31.9. The average molecular weight is 254 g/mol. The van der Waals surface area contributed by atoms with Crippen LogP contribution in [0.1, 0.15) is 5.56 Å². The predicted octanol–water partition coefficient (Wildman–Crippen LogP) is 0.865. The lowest BCUT2D eigenvalue weighted by Gasteiger charge is -2.13. The SMILES string of the molecule is Cc1ccn(O)c2ccc(S(=O)(=O)O)c(=N)c1-2. The van der Waals surface area contributed by atoms with Gasteiger partial charge in [0.1, 0.15) is 4.90 Å². The standard InChI is InChI=1S/C10H10N2O4S/c1-6-4-5-12(13)7-2-3-8(17(14,15)16)10(11)9(6)7/h2-5,11,13H,1H3,(H,14,15,16). The van der Waals surface area contributed by atoms with Gasteiger partial charge in [0, 0.05) is 11.8 Å². The minimum absolute atomic E-state index is 0.283. The molecule has 7 heteroatoms. The Morgan fingerprint density at radius 1 is 1.29 bits per heavy atom. The van der Waals surface area contributed by atoms with Gasteiger partial charge in [0.2, 0.25) is 0 Å². The van der Waals surface area contributed by atoms with Crippen molar-refractivity contribution in [3.8, 4) is 11.3 Å². The van der Waals surface area contributed by atoms with Crippen molar-refractivity contribution < 1.29 is 18.2 Å². The van der Waals surface area contributed by atoms with Gasteiger partial charge >= 0.3 is 0 Å². The highest BCUT2D eigenvalue weighted by Crippen LogP contribution is 2.22. The van der Waals surface area contributed by atoms with Crippen molar-refractivity contribution in [2.24, 2.45) is 0 Å². The van der Waals surface area contributed by atoms with E-state index >= 15 is 0 Å². The Hall–Kier alpha value is -1.86. The number of benzene rings is 1. The van der Waals surface area contributed by atoms with E-state index in [4.69, 9.17) is 9.96 Å². The summed E-state index contributed by atoms with van der Waals surface area (Å²) in [5.41, 5.74) is 1.23. The minimum Gasteiger partial charge on any atom is -0.428 e. The summed E-state index contributed by atoms with van der Waals surface area (Å²) in [6.07, 6.45) is 1.39. The van der Waals surface area contributed by atoms with Crippen LogP contribution in [0.2, 0.25) is 0 Å². The molecule has 17 heavy (non-hydrogen) atoms. The number of nitrogens with zero attached hydrogens (tertiary/aromatic N) is 1. The number of aryl methyl sites for hydroxylation is 1. The van der Waals surface area contributed by atoms with Crippen LogP contribution in [-0.4, -0.2) is 22.9 Å². The van der Waals surface area contributed by atoms with Gasteiger partial charge < -0.3 is 5.21 Å². The first-order valence-electron chi connectivity index (χ1n) is 4.68. The molecule has 6 nitrogen and oxygen atoms in total. The highest BCUT2D eigenvalue weighted by atomic mass is 32.2. The molecule has 0 aromatic rings. The summed E-state index contributed by atoms with van der Waals surface area (Å²) >= 11 is 0. The maximum atomic E-state index is 11.1. The van der Waals surface area contributed by atoms with Gasteiger partial charge in [-0.2, -0.15) is 13.1 Å². The third-order valence-electron chi connectivity index (χ3n) is 2.53. The zero-order chi connectivity index (χ0) is 12.8. The number of fused-ring (bicyclic) bond motifs is 1. The molecule has 0 atom stereocenters. The molecule has 1 aliphatic carbocycles. The monoisotopic (exact) mass is 254 g/mol. The van der Waals surface area contributed by atoms with Gasteiger partial charge in [-0.15, -0.1) is 0 Å².